The number of pyridine rings is 1. The summed E-state index contributed by atoms with van der Waals surface area (Å²) in [6.45, 7) is 3.56. The average Bonchev–Trinajstić information content (AvgIpc) is 2.65. The first kappa shape index (κ1) is 12.4. The minimum atomic E-state index is -0.421. The zero-order valence-electron chi connectivity index (χ0n) is 9.91. The smallest absolute Gasteiger partial charge is 0.278 e. The van der Waals surface area contributed by atoms with E-state index in [2.05, 4.69) is 20.5 Å². The fourth-order valence-electron chi connectivity index (χ4n) is 1.46. The number of H-pyrrole nitrogens is 1. The Morgan fingerprint density at radius 1 is 1.50 bits per heavy atom. The van der Waals surface area contributed by atoms with Crippen LogP contribution in [0.1, 0.15) is 21.7 Å². The van der Waals surface area contributed by atoms with Gasteiger partial charge in [0.1, 0.15) is 0 Å². The van der Waals surface area contributed by atoms with Crippen LogP contribution in [0.15, 0.2) is 12.3 Å². The van der Waals surface area contributed by atoms with E-state index < -0.39 is 5.91 Å². The second kappa shape index (κ2) is 4.66. The lowest BCUT2D eigenvalue weighted by molar-refractivity contribution is 0.102. The van der Waals surface area contributed by atoms with Crippen LogP contribution in [0.2, 0.25) is 5.15 Å². The molecule has 0 saturated carbocycles. The molecule has 0 fully saturated rings. The van der Waals surface area contributed by atoms with Crippen LogP contribution in [0.25, 0.3) is 0 Å². The quantitative estimate of drug-likeness (QED) is 0.723. The minimum Gasteiger partial charge on any atom is -0.395 e. The molecule has 18 heavy (non-hydrogen) atoms. The van der Waals surface area contributed by atoms with Gasteiger partial charge in [-0.05, 0) is 25.5 Å². The summed E-state index contributed by atoms with van der Waals surface area (Å²) in [7, 11) is 0. The highest BCUT2D eigenvalue weighted by atomic mass is 35.5. The Hall–Kier alpha value is -2.08. The minimum absolute atomic E-state index is 0.145. The number of nitrogens with two attached hydrogens (primary N) is 1. The Morgan fingerprint density at radius 2 is 2.22 bits per heavy atom. The van der Waals surface area contributed by atoms with Crippen LogP contribution in [0.5, 0.6) is 0 Å². The van der Waals surface area contributed by atoms with Crippen molar-refractivity contribution in [2.45, 2.75) is 13.8 Å². The third-order valence-electron chi connectivity index (χ3n) is 2.56. The van der Waals surface area contributed by atoms with Crippen molar-refractivity contribution >= 4 is 28.9 Å². The van der Waals surface area contributed by atoms with Crippen molar-refractivity contribution < 1.29 is 4.79 Å². The largest absolute Gasteiger partial charge is 0.395 e. The molecule has 2 heterocycles. The van der Waals surface area contributed by atoms with Gasteiger partial charge in [0.15, 0.2) is 10.8 Å². The standard InChI is InChI=1S/C11H12ClN5O/c1-5-3-4-14-10(12)8(5)15-11(18)9-7(13)6(2)16-17-9/h3-4H,13H2,1-2H3,(H,15,18)(H,16,17). The Bertz CT molecular complexity index is 587. The molecule has 2 rings (SSSR count). The van der Waals surface area contributed by atoms with E-state index in [0.29, 0.717) is 17.1 Å². The van der Waals surface area contributed by atoms with Gasteiger partial charge in [0.25, 0.3) is 5.91 Å². The molecule has 94 valence electrons. The highest BCUT2D eigenvalue weighted by Crippen LogP contribution is 2.24. The number of nitrogens with zero attached hydrogens (tertiary/aromatic N) is 2. The summed E-state index contributed by atoms with van der Waals surface area (Å²) in [4.78, 5) is 15.9. The summed E-state index contributed by atoms with van der Waals surface area (Å²) >= 11 is 5.92. The molecule has 7 heteroatoms. The third-order valence-corrected chi connectivity index (χ3v) is 2.85. The van der Waals surface area contributed by atoms with Crippen molar-refractivity contribution in [3.8, 4) is 0 Å². The number of carbonyl (C=O) groups is 1. The zero-order valence-corrected chi connectivity index (χ0v) is 10.7. The van der Waals surface area contributed by atoms with Crippen LogP contribution in [0.3, 0.4) is 0 Å². The van der Waals surface area contributed by atoms with Crippen LogP contribution in [0.4, 0.5) is 11.4 Å². The van der Waals surface area contributed by atoms with Gasteiger partial charge in [-0.3, -0.25) is 9.89 Å². The Kier molecular flexibility index (Phi) is 3.20. The molecule has 0 atom stereocenters. The average molecular weight is 266 g/mol. The fraction of sp³-hybridized carbons (Fsp3) is 0.182. The van der Waals surface area contributed by atoms with E-state index >= 15 is 0 Å². The van der Waals surface area contributed by atoms with Crippen molar-refractivity contribution in [2.75, 3.05) is 11.1 Å². The molecule has 2 aromatic heterocycles. The molecule has 0 unspecified atom stereocenters. The third kappa shape index (κ3) is 2.14. The lowest BCUT2D eigenvalue weighted by Crippen LogP contribution is -2.15. The highest BCUT2D eigenvalue weighted by molar-refractivity contribution is 6.32. The second-order valence-electron chi connectivity index (χ2n) is 3.86. The number of hydrogen-bond donors (Lipinski definition) is 3. The molecule has 0 radical (unpaired) electrons. The molecule has 0 spiro atoms. The summed E-state index contributed by atoms with van der Waals surface area (Å²) in [6.07, 6.45) is 1.57. The first-order valence-electron chi connectivity index (χ1n) is 5.23. The molecule has 2 aromatic rings. The molecule has 0 bridgehead atoms. The number of halogens is 1. The number of anilines is 2. The van der Waals surface area contributed by atoms with Gasteiger partial charge < -0.3 is 11.1 Å². The maximum atomic E-state index is 12.0. The molecule has 4 N–H and O–H groups in total. The SMILES string of the molecule is Cc1ccnc(Cl)c1NC(=O)c1n[nH]c(C)c1N. The number of nitrogen functional groups attached to an aromatic ring is 1. The van der Waals surface area contributed by atoms with E-state index in [1.165, 1.54) is 0 Å². The number of amides is 1. The fourth-order valence-corrected chi connectivity index (χ4v) is 1.71. The van der Waals surface area contributed by atoms with Gasteiger partial charge in [0, 0.05) is 6.20 Å². The number of hydrogen-bond acceptors (Lipinski definition) is 4. The first-order valence-corrected chi connectivity index (χ1v) is 5.61. The Morgan fingerprint density at radius 3 is 2.78 bits per heavy atom. The second-order valence-corrected chi connectivity index (χ2v) is 4.22. The van der Waals surface area contributed by atoms with E-state index in [0.717, 1.165) is 5.56 Å². The topological polar surface area (TPSA) is 96.7 Å². The van der Waals surface area contributed by atoms with Gasteiger partial charge in [-0.2, -0.15) is 5.10 Å². The predicted molar refractivity (Wildman–Crippen MR) is 69.7 cm³/mol. The van der Waals surface area contributed by atoms with E-state index in [1.807, 2.05) is 6.92 Å². The molecule has 0 saturated heterocycles. The van der Waals surface area contributed by atoms with Crippen molar-refractivity contribution in [3.63, 3.8) is 0 Å². The molecule has 0 aliphatic heterocycles. The molecule has 0 aromatic carbocycles. The maximum Gasteiger partial charge on any atom is 0.278 e. The Balaban J connectivity index is 2.30. The van der Waals surface area contributed by atoms with Gasteiger partial charge in [0.05, 0.1) is 17.1 Å². The summed E-state index contributed by atoms with van der Waals surface area (Å²) in [5.74, 6) is -0.421. The van der Waals surface area contributed by atoms with Gasteiger partial charge in [-0.1, -0.05) is 11.6 Å². The van der Waals surface area contributed by atoms with Gasteiger partial charge in [-0.15, -0.1) is 0 Å². The predicted octanol–water partition coefficient (Wildman–Crippen LogP) is 1.91. The molecule has 0 aliphatic carbocycles. The van der Waals surface area contributed by atoms with Crippen molar-refractivity contribution in [1.82, 2.24) is 15.2 Å². The number of nitrogens with one attached hydrogen (secondary N) is 2. The number of aryl methyl sites for hydroxylation is 2. The lowest BCUT2D eigenvalue weighted by Gasteiger charge is -2.08. The summed E-state index contributed by atoms with van der Waals surface area (Å²) in [6, 6.07) is 1.75. The van der Waals surface area contributed by atoms with Crippen LogP contribution < -0.4 is 11.1 Å². The number of aromatic nitrogens is 3. The Labute approximate surface area is 109 Å². The van der Waals surface area contributed by atoms with Gasteiger partial charge >= 0.3 is 0 Å². The van der Waals surface area contributed by atoms with E-state index in [4.69, 9.17) is 17.3 Å². The van der Waals surface area contributed by atoms with Gasteiger partial charge in [-0.25, -0.2) is 4.98 Å². The van der Waals surface area contributed by atoms with E-state index in [9.17, 15) is 4.79 Å². The number of aromatic amines is 1. The molecule has 6 nitrogen and oxygen atoms in total. The normalized spacial score (nSPS) is 10.4. The van der Waals surface area contributed by atoms with E-state index in [-0.39, 0.29) is 10.8 Å². The molecular weight excluding hydrogens is 254 g/mol. The van der Waals surface area contributed by atoms with Crippen molar-refractivity contribution in [2.24, 2.45) is 0 Å². The van der Waals surface area contributed by atoms with Crippen LogP contribution in [0, 0.1) is 13.8 Å². The highest BCUT2D eigenvalue weighted by Gasteiger charge is 2.17. The van der Waals surface area contributed by atoms with Gasteiger partial charge in [0.2, 0.25) is 0 Å². The maximum absolute atomic E-state index is 12.0. The van der Waals surface area contributed by atoms with E-state index in [1.54, 1.807) is 19.2 Å². The summed E-state index contributed by atoms with van der Waals surface area (Å²) < 4.78 is 0. The zero-order chi connectivity index (χ0) is 13.3. The van der Waals surface area contributed by atoms with Crippen LogP contribution in [-0.4, -0.2) is 21.1 Å². The monoisotopic (exact) mass is 265 g/mol. The molecule has 1 amide bonds. The summed E-state index contributed by atoms with van der Waals surface area (Å²) in [5.41, 5.74) is 8.12. The number of carbonyl (C=O) groups excluding carboxylic acids is 1. The lowest BCUT2D eigenvalue weighted by atomic mass is 10.2. The van der Waals surface area contributed by atoms with Crippen LogP contribution >= 0.6 is 11.6 Å². The van der Waals surface area contributed by atoms with Crippen molar-refractivity contribution in [3.05, 3.63) is 34.4 Å². The molecule has 0 aliphatic rings. The van der Waals surface area contributed by atoms with Crippen LogP contribution in [-0.2, 0) is 0 Å². The summed E-state index contributed by atoms with van der Waals surface area (Å²) in [5, 5.41) is 9.38. The van der Waals surface area contributed by atoms with Crippen molar-refractivity contribution in [1.29, 1.82) is 0 Å². The molecular formula is C11H12ClN5O. The number of rotatable bonds is 2. The first-order chi connectivity index (χ1) is 8.50.